The molecule has 1 aliphatic carbocycles. The molecule has 0 saturated heterocycles. The fraction of sp³-hybridized carbons (Fsp3) is 0.556. The monoisotopic (exact) mass is 195 g/mol. The van der Waals surface area contributed by atoms with E-state index in [4.69, 9.17) is 10.8 Å². The Morgan fingerprint density at radius 2 is 2.50 bits per heavy atom. The van der Waals surface area contributed by atoms with Gasteiger partial charge in [-0.05, 0) is 12.8 Å². The number of carboxylic acid groups (broad SMARTS) is 1. The summed E-state index contributed by atoms with van der Waals surface area (Å²) in [5.74, 6) is 0.551. The summed E-state index contributed by atoms with van der Waals surface area (Å²) in [5, 5.41) is 8.61. The van der Waals surface area contributed by atoms with Gasteiger partial charge in [-0.2, -0.15) is 0 Å². The van der Waals surface area contributed by atoms with Gasteiger partial charge < -0.3 is 15.8 Å². The Morgan fingerprint density at radius 3 is 3.07 bits per heavy atom. The Morgan fingerprint density at radius 1 is 1.79 bits per heavy atom. The van der Waals surface area contributed by atoms with E-state index in [1.165, 1.54) is 12.8 Å². The first-order valence-electron chi connectivity index (χ1n) is 4.69. The number of aromatic nitrogens is 2. The Labute approximate surface area is 81.3 Å². The van der Waals surface area contributed by atoms with Crippen LogP contribution < -0.4 is 5.73 Å². The summed E-state index contributed by atoms with van der Waals surface area (Å²) < 4.78 is 0. The second-order valence-corrected chi connectivity index (χ2v) is 3.72. The lowest BCUT2D eigenvalue weighted by Gasteiger charge is -2.02. The average Bonchev–Trinajstić information content (AvgIpc) is 2.88. The van der Waals surface area contributed by atoms with Crippen molar-refractivity contribution in [2.45, 2.75) is 31.2 Å². The van der Waals surface area contributed by atoms with Gasteiger partial charge >= 0.3 is 5.97 Å². The number of nitrogens with two attached hydrogens (primary N) is 1. The molecule has 1 atom stereocenters. The fourth-order valence-corrected chi connectivity index (χ4v) is 1.37. The van der Waals surface area contributed by atoms with Crippen molar-refractivity contribution in [1.29, 1.82) is 0 Å². The second-order valence-electron chi connectivity index (χ2n) is 3.72. The molecule has 1 aliphatic rings. The molecule has 1 heterocycles. The average molecular weight is 195 g/mol. The van der Waals surface area contributed by atoms with Crippen molar-refractivity contribution in [1.82, 2.24) is 9.97 Å². The summed E-state index contributed by atoms with van der Waals surface area (Å²) in [4.78, 5) is 17.8. The van der Waals surface area contributed by atoms with E-state index in [0.717, 1.165) is 11.5 Å². The lowest BCUT2D eigenvalue weighted by Crippen LogP contribution is -2.32. The third-order valence-corrected chi connectivity index (χ3v) is 2.37. The fourth-order valence-electron chi connectivity index (χ4n) is 1.37. The molecular weight excluding hydrogens is 182 g/mol. The normalized spacial score (nSPS) is 18.1. The Kier molecular flexibility index (Phi) is 2.25. The number of rotatable bonds is 4. The zero-order chi connectivity index (χ0) is 10.1. The highest BCUT2D eigenvalue weighted by molar-refractivity contribution is 5.73. The molecule has 0 spiro atoms. The first kappa shape index (κ1) is 9.21. The van der Waals surface area contributed by atoms with Crippen LogP contribution in [0, 0.1) is 0 Å². The summed E-state index contributed by atoms with van der Waals surface area (Å²) >= 11 is 0. The molecule has 0 aromatic carbocycles. The van der Waals surface area contributed by atoms with Gasteiger partial charge in [0.15, 0.2) is 0 Å². The van der Waals surface area contributed by atoms with Gasteiger partial charge in [-0.3, -0.25) is 4.79 Å². The number of nitrogens with zero attached hydrogens (tertiary/aromatic N) is 1. The predicted molar refractivity (Wildman–Crippen MR) is 49.9 cm³/mol. The minimum atomic E-state index is -0.979. The van der Waals surface area contributed by atoms with Gasteiger partial charge in [0, 0.05) is 24.2 Å². The minimum absolute atomic E-state index is 0.315. The van der Waals surface area contributed by atoms with Crippen molar-refractivity contribution in [3.63, 3.8) is 0 Å². The van der Waals surface area contributed by atoms with Gasteiger partial charge in [-0.25, -0.2) is 4.98 Å². The van der Waals surface area contributed by atoms with E-state index in [0.29, 0.717) is 12.3 Å². The lowest BCUT2D eigenvalue weighted by molar-refractivity contribution is -0.138. The van der Waals surface area contributed by atoms with Crippen LogP contribution in [0.5, 0.6) is 0 Å². The molecule has 2 rings (SSSR count). The number of carboxylic acids is 1. The van der Waals surface area contributed by atoms with Gasteiger partial charge in [0.1, 0.15) is 11.9 Å². The van der Waals surface area contributed by atoms with Crippen molar-refractivity contribution in [2.75, 3.05) is 0 Å². The van der Waals surface area contributed by atoms with Crippen molar-refractivity contribution >= 4 is 5.97 Å². The molecule has 0 bridgehead atoms. The molecule has 1 saturated carbocycles. The smallest absolute Gasteiger partial charge is 0.320 e. The van der Waals surface area contributed by atoms with Crippen molar-refractivity contribution < 1.29 is 9.90 Å². The maximum atomic E-state index is 10.5. The van der Waals surface area contributed by atoms with Crippen LogP contribution in [0.2, 0.25) is 0 Å². The van der Waals surface area contributed by atoms with Crippen LogP contribution in [0.3, 0.4) is 0 Å². The van der Waals surface area contributed by atoms with Crippen molar-refractivity contribution in [3.8, 4) is 0 Å². The predicted octanol–water partition coefficient (Wildman–Crippen LogP) is 0.242. The van der Waals surface area contributed by atoms with Crippen LogP contribution in [0.25, 0.3) is 0 Å². The maximum absolute atomic E-state index is 10.5. The summed E-state index contributed by atoms with van der Waals surface area (Å²) in [7, 11) is 0. The van der Waals surface area contributed by atoms with Crippen LogP contribution in [0.15, 0.2) is 6.20 Å². The number of hydrogen-bond acceptors (Lipinski definition) is 3. The lowest BCUT2D eigenvalue weighted by atomic mass is 10.2. The van der Waals surface area contributed by atoms with E-state index in [1.807, 2.05) is 0 Å². The highest BCUT2D eigenvalue weighted by Crippen LogP contribution is 2.38. The van der Waals surface area contributed by atoms with E-state index in [-0.39, 0.29) is 0 Å². The number of carbonyl (C=O) groups is 1. The van der Waals surface area contributed by atoms with Crippen LogP contribution in [0.4, 0.5) is 0 Å². The van der Waals surface area contributed by atoms with E-state index in [9.17, 15) is 4.79 Å². The molecule has 5 nitrogen and oxygen atoms in total. The van der Waals surface area contributed by atoms with Gasteiger partial charge in [0.05, 0.1) is 0 Å². The number of hydrogen-bond donors (Lipinski definition) is 3. The van der Waals surface area contributed by atoms with Gasteiger partial charge in [0.2, 0.25) is 0 Å². The molecule has 1 aromatic rings. The van der Waals surface area contributed by atoms with Crippen LogP contribution >= 0.6 is 0 Å². The standard InChI is InChI=1S/C9H13N3O2/c10-7(9(13)14)3-6-4-11-8(12-6)5-1-2-5/h4-5,7H,1-3,10H2,(H,11,12)(H,13,14)/t7-/m0/s1. The van der Waals surface area contributed by atoms with Gasteiger partial charge in [-0.1, -0.05) is 0 Å². The van der Waals surface area contributed by atoms with Crippen LogP contribution in [-0.2, 0) is 11.2 Å². The zero-order valence-electron chi connectivity index (χ0n) is 7.73. The highest BCUT2D eigenvalue weighted by Gasteiger charge is 2.26. The first-order chi connectivity index (χ1) is 6.66. The maximum Gasteiger partial charge on any atom is 0.320 e. The van der Waals surface area contributed by atoms with Gasteiger partial charge in [-0.15, -0.1) is 0 Å². The molecule has 0 aliphatic heterocycles. The van der Waals surface area contributed by atoms with Crippen LogP contribution in [0.1, 0.15) is 30.3 Å². The van der Waals surface area contributed by atoms with Crippen LogP contribution in [-0.4, -0.2) is 27.1 Å². The first-order valence-corrected chi connectivity index (χ1v) is 4.69. The third-order valence-electron chi connectivity index (χ3n) is 2.37. The summed E-state index contributed by atoms with van der Waals surface area (Å²) in [5.41, 5.74) is 6.21. The second kappa shape index (κ2) is 3.42. The van der Waals surface area contributed by atoms with E-state index >= 15 is 0 Å². The summed E-state index contributed by atoms with van der Waals surface area (Å²) in [6.45, 7) is 0. The van der Waals surface area contributed by atoms with E-state index < -0.39 is 12.0 Å². The highest BCUT2D eigenvalue weighted by atomic mass is 16.4. The Balaban J connectivity index is 1.98. The number of H-pyrrole nitrogens is 1. The molecule has 14 heavy (non-hydrogen) atoms. The topological polar surface area (TPSA) is 92.0 Å². The zero-order valence-corrected chi connectivity index (χ0v) is 7.73. The molecule has 76 valence electrons. The van der Waals surface area contributed by atoms with E-state index in [2.05, 4.69) is 9.97 Å². The summed E-state index contributed by atoms with van der Waals surface area (Å²) in [6, 6.07) is -0.845. The molecule has 1 aromatic heterocycles. The molecule has 0 amide bonds. The number of imidazole rings is 1. The van der Waals surface area contributed by atoms with Crippen molar-refractivity contribution in [3.05, 3.63) is 17.7 Å². The molecule has 0 unspecified atom stereocenters. The molecule has 1 fully saturated rings. The minimum Gasteiger partial charge on any atom is -0.480 e. The quantitative estimate of drug-likeness (QED) is 0.641. The Bertz CT molecular complexity index is 344. The molecule has 4 N–H and O–H groups in total. The third kappa shape index (κ3) is 1.93. The molecule has 5 heteroatoms. The summed E-state index contributed by atoms with van der Waals surface area (Å²) in [6.07, 6.45) is 4.35. The largest absolute Gasteiger partial charge is 0.480 e. The van der Waals surface area contributed by atoms with Gasteiger partial charge in [0.25, 0.3) is 0 Å². The number of nitrogens with one attached hydrogen (secondary N) is 1. The van der Waals surface area contributed by atoms with E-state index in [1.54, 1.807) is 6.20 Å². The SMILES string of the molecule is N[C@@H](Cc1cnc(C2CC2)[nH]1)C(=O)O. The Hall–Kier alpha value is -1.36. The molecular formula is C9H13N3O2. The molecule has 0 radical (unpaired) electrons. The number of aliphatic carboxylic acids is 1. The van der Waals surface area contributed by atoms with Crippen molar-refractivity contribution in [2.24, 2.45) is 5.73 Å². The number of aromatic amines is 1.